The van der Waals surface area contributed by atoms with E-state index in [4.69, 9.17) is 4.74 Å². The van der Waals surface area contributed by atoms with Gasteiger partial charge in [0, 0.05) is 18.1 Å². The maximum absolute atomic E-state index is 11.5. The van der Waals surface area contributed by atoms with Gasteiger partial charge in [0.1, 0.15) is 9.84 Å². The normalized spacial score (nSPS) is 26.9. The van der Waals surface area contributed by atoms with Gasteiger partial charge in [-0.2, -0.15) is 0 Å². The van der Waals surface area contributed by atoms with Crippen molar-refractivity contribution in [3.63, 3.8) is 0 Å². The Hall–Kier alpha value is -0.580. The molecule has 2 unspecified atom stereocenters. The van der Waals surface area contributed by atoms with E-state index in [-0.39, 0.29) is 23.6 Å². The van der Waals surface area contributed by atoms with Gasteiger partial charge >= 0.3 is 5.97 Å². The summed E-state index contributed by atoms with van der Waals surface area (Å²) in [4.78, 5) is 11.5. The van der Waals surface area contributed by atoms with Crippen molar-refractivity contribution in [2.75, 3.05) is 18.6 Å². The van der Waals surface area contributed by atoms with Crippen LogP contribution < -0.4 is 0 Å². The zero-order chi connectivity index (χ0) is 13.8. The van der Waals surface area contributed by atoms with Crippen LogP contribution in [0.25, 0.3) is 0 Å². The van der Waals surface area contributed by atoms with E-state index in [0.717, 1.165) is 19.3 Å². The molecule has 4 nitrogen and oxygen atoms in total. The number of sulfone groups is 1. The van der Waals surface area contributed by atoms with E-state index in [1.54, 1.807) is 0 Å². The lowest BCUT2D eigenvalue weighted by molar-refractivity contribution is -0.145. The Balaban J connectivity index is 2.22. The van der Waals surface area contributed by atoms with E-state index in [1.807, 2.05) is 0 Å². The standard InChI is InChI=1S/C13H24O4S/c1-4-11-9-13(11,5-2)10-17-12(14)7-6-8-18(3,15)16/h11H,4-10H2,1-3H3. The zero-order valence-electron chi connectivity index (χ0n) is 11.6. The molecule has 2 atom stereocenters. The molecule has 0 aromatic carbocycles. The largest absolute Gasteiger partial charge is 0.465 e. The van der Waals surface area contributed by atoms with E-state index < -0.39 is 9.84 Å². The molecule has 0 aliphatic heterocycles. The molecular formula is C13H24O4S. The van der Waals surface area contributed by atoms with Gasteiger partial charge in [0.15, 0.2) is 0 Å². The van der Waals surface area contributed by atoms with Crippen LogP contribution in [0, 0.1) is 11.3 Å². The molecule has 1 aliphatic rings. The molecule has 1 aliphatic carbocycles. The number of esters is 1. The minimum atomic E-state index is -2.98. The smallest absolute Gasteiger partial charge is 0.305 e. The van der Waals surface area contributed by atoms with Crippen molar-refractivity contribution in [3.05, 3.63) is 0 Å². The third-order valence-corrected chi connectivity index (χ3v) is 5.00. The Labute approximate surface area is 110 Å². The molecule has 5 heteroatoms. The highest BCUT2D eigenvalue weighted by atomic mass is 32.2. The highest BCUT2D eigenvalue weighted by molar-refractivity contribution is 7.90. The fourth-order valence-corrected chi connectivity index (χ4v) is 3.16. The van der Waals surface area contributed by atoms with Crippen LogP contribution in [0.1, 0.15) is 46.0 Å². The molecule has 0 N–H and O–H groups in total. The van der Waals surface area contributed by atoms with Gasteiger partial charge in [0.2, 0.25) is 0 Å². The third kappa shape index (κ3) is 4.59. The van der Waals surface area contributed by atoms with Crippen LogP contribution in [0.15, 0.2) is 0 Å². The summed E-state index contributed by atoms with van der Waals surface area (Å²) in [5.41, 5.74) is 0.210. The van der Waals surface area contributed by atoms with E-state index in [9.17, 15) is 13.2 Å². The Morgan fingerprint density at radius 1 is 1.39 bits per heavy atom. The van der Waals surface area contributed by atoms with Crippen LogP contribution in [-0.4, -0.2) is 33.0 Å². The van der Waals surface area contributed by atoms with E-state index >= 15 is 0 Å². The summed E-state index contributed by atoms with van der Waals surface area (Å²) < 4.78 is 27.1. The number of rotatable bonds is 8. The molecule has 0 heterocycles. The highest BCUT2D eigenvalue weighted by Crippen LogP contribution is 2.56. The molecule has 0 aromatic rings. The van der Waals surface area contributed by atoms with Crippen molar-refractivity contribution in [3.8, 4) is 0 Å². The SMILES string of the molecule is CCC1CC1(CC)COC(=O)CCCS(C)(=O)=O. The lowest BCUT2D eigenvalue weighted by Crippen LogP contribution is -2.17. The summed E-state index contributed by atoms with van der Waals surface area (Å²) >= 11 is 0. The molecule has 18 heavy (non-hydrogen) atoms. The second kappa shape index (κ2) is 6.04. The highest BCUT2D eigenvalue weighted by Gasteiger charge is 2.52. The van der Waals surface area contributed by atoms with Gasteiger partial charge in [-0.15, -0.1) is 0 Å². The topological polar surface area (TPSA) is 60.4 Å². The predicted octanol–water partition coefficient (Wildman–Crippen LogP) is 2.18. The summed E-state index contributed by atoms with van der Waals surface area (Å²) in [7, 11) is -2.98. The van der Waals surface area contributed by atoms with Crippen molar-refractivity contribution >= 4 is 15.8 Å². The van der Waals surface area contributed by atoms with Gasteiger partial charge in [0.25, 0.3) is 0 Å². The molecule has 0 radical (unpaired) electrons. The lowest BCUT2D eigenvalue weighted by Gasteiger charge is -2.15. The van der Waals surface area contributed by atoms with Crippen molar-refractivity contribution in [2.24, 2.45) is 11.3 Å². The summed E-state index contributed by atoms with van der Waals surface area (Å²) in [5, 5.41) is 0. The van der Waals surface area contributed by atoms with Crippen LogP contribution in [0.3, 0.4) is 0 Å². The average molecular weight is 276 g/mol. The van der Waals surface area contributed by atoms with E-state index in [0.29, 0.717) is 18.9 Å². The lowest BCUT2D eigenvalue weighted by atomic mass is 10.0. The minimum absolute atomic E-state index is 0.0542. The Morgan fingerprint density at radius 2 is 2.06 bits per heavy atom. The number of carbonyl (C=O) groups excluding carboxylic acids is 1. The third-order valence-electron chi connectivity index (χ3n) is 3.97. The Morgan fingerprint density at radius 3 is 2.50 bits per heavy atom. The number of carbonyl (C=O) groups is 1. The monoisotopic (exact) mass is 276 g/mol. The van der Waals surface area contributed by atoms with Crippen molar-refractivity contribution in [2.45, 2.75) is 46.0 Å². The van der Waals surface area contributed by atoms with E-state index in [1.165, 1.54) is 6.26 Å². The van der Waals surface area contributed by atoms with Crippen molar-refractivity contribution in [1.29, 1.82) is 0 Å². The molecule has 1 rings (SSSR count). The quantitative estimate of drug-likeness (QED) is 0.638. The number of ether oxygens (including phenoxy) is 1. The molecule has 106 valence electrons. The Kier molecular flexibility index (Phi) is 5.20. The van der Waals surface area contributed by atoms with Crippen LogP contribution in [0.5, 0.6) is 0 Å². The summed E-state index contributed by atoms with van der Waals surface area (Å²) in [5.74, 6) is 0.470. The summed E-state index contributed by atoms with van der Waals surface area (Å²) in [6.07, 6.45) is 5.07. The predicted molar refractivity (Wildman–Crippen MR) is 71.0 cm³/mol. The molecule has 0 aromatic heterocycles. The van der Waals surface area contributed by atoms with Crippen LogP contribution in [-0.2, 0) is 19.4 Å². The maximum atomic E-state index is 11.5. The average Bonchev–Trinajstić information content (AvgIpc) is 2.99. The van der Waals surface area contributed by atoms with Gasteiger partial charge in [-0.3, -0.25) is 4.79 Å². The molecule has 1 saturated carbocycles. The first-order valence-electron chi connectivity index (χ1n) is 6.66. The van der Waals surface area contributed by atoms with Gasteiger partial charge in [-0.05, 0) is 25.2 Å². The van der Waals surface area contributed by atoms with Gasteiger partial charge in [-0.25, -0.2) is 8.42 Å². The number of hydrogen-bond acceptors (Lipinski definition) is 4. The molecular weight excluding hydrogens is 252 g/mol. The summed E-state index contributed by atoms with van der Waals surface area (Å²) in [6, 6.07) is 0. The molecule has 0 saturated heterocycles. The first kappa shape index (κ1) is 15.5. The van der Waals surface area contributed by atoms with Gasteiger partial charge < -0.3 is 4.74 Å². The first-order valence-corrected chi connectivity index (χ1v) is 8.72. The van der Waals surface area contributed by atoms with Crippen LogP contribution >= 0.6 is 0 Å². The fourth-order valence-electron chi connectivity index (χ4n) is 2.50. The molecule has 0 bridgehead atoms. The number of hydrogen-bond donors (Lipinski definition) is 0. The molecule has 0 spiro atoms. The maximum Gasteiger partial charge on any atom is 0.305 e. The Bertz CT molecular complexity index is 388. The zero-order valence-corrected chi connectivity index (χ0v) is 12.4. The van der Waals surface area contributed by atoms with Gasteiger partial charge in [-0.1, -0.05) is 20.3 Å². The fraction of sp³-hybridized carbons (Fsp3) is 0.923. The minimum Gasteiger partial charge on any atom is -0.465 e. The molecule has 0 amide bonds. The van der Waals surface area contributed by atoms with Crippen molar-refractivity contribution in [1.82, 2.24) is 0 Å². The van der Waals surface area contributed by atoms with Crippen LogP contribution in [0.2, 0.25) is 0 Å². The van der Waals surface area contributed by atoms with Gasteiger partial charge in [0.05, 0.1) is 12.4 Å². The van der Waals surface area contributed by atoms with E-state index in [2.05, 4.69) is 13.8 Å². The molecule has 1 fully saturated rings. The summed E-state index contributed by atoms with van der Waals surface area (Å²) in [6.45, 7) is 4.79. The van der Waals surface area contributed by atoms with Crippen molar-refractivity contribution < 1.29 is 17.9 Å². The second-order valence-electron chi connectivity index (χ2n) is 5.42. The second-order valence-corrected chi connectivity index (χ2v) is 7.68. The first-order chi connectivity index (χ1) is 8.33. The van der Waals surface area contributed by atoms with Crippen LogP contribution in [0.4, 0.5) is 0 Å².